The largest absolute Gasteiger partial charge is 0.247 e. The number of para-hydroxylation sites is 1. The molecule has 3 aromatic rings. The minimum atomic E-state index is 1.02. The highest BCUT2D eigenvalue weighted by Gasteiger charge is 2.13. The molecule has 100 valence electrons. The van der Waals surface area contributed by atoms with E-state index in [9.17, 15) is 0 Å². The van der Waals surface area contributed by atoms with Crippen LogP contribution in [0.5, 0.6) is 0 Å². The maximum Gasteiger partial charge on any atom is 0.0744 e. The lowest BCUT2D eigenvalue weighted by Gasteiger charge is -2.15. The van der Waals surface area contributed by atoms with Gasteiger partial charge in [0, 0.05) is 10.9 Å². The van der Waals surface area contributed by atoms with Crippen molar-refractivity contribution in [1.82, 2.24) is 4.98 Å². The summed E-state index contributed by atoms with van der Waals surface area (Å²) in [4.78, 5) is 4.92. The molecule has 3 rings (SSSR count). The van der Waals surface area contributed by atoms with Gasteiger partial charge in [0.25, 0.3) is 0 Å². The van der Waals surface area contributed by atoms with Crippen LogP contribution in [0.4, 0.5) is 0 Å². The quantitative estimate of drug-likeness (QED) is 0.644. The number of aryl methyl sites for hydroxylation is 1. The molecular formula is C19H19N. The maximum atomic E-state index is 4.92. The summed E-state index contributed by atoms with van der Waals surface area (Å²) in [6.45, 7) is 4.45. The van der Waals surface area contributed by atoms with Crippen molar-refractivity contribution < 1.29 is 0 Å². The molecule has 0 aliphatic carbocycles. The molecule has 1 heteroatoms. The molecule has 0 unspecified atom stereocenters. The summed E-state index contributed by atoms with van der Waals surface area (Å²) in [7, 11) is 0. The Labute approximate surface area is 120 Å². The topological polar surface area (TPSA) is 12.9 Å². The van der Waals surface area contributed by atoms with Crippen LogP contribution in [0.15, 0.2) is 54.6 Å². The number of fused-ring (bicyclic) bond motifs is 1. The second-order valence-electron chi connectivity index (χ2n) is 5.01. The Bertz CT molecular complexity index is 729. The molecule has 20 heavy (non-hydrogen) atoms. The third-order valence-electron chi connectivity index (χ3n) is 3.87. The normalized spacial score (nSPS) is 10.9. The van der Waals surface area contributed by atoms with Crippen molar-refractivity contribution in [2.24, 2.45) is 0 Å². The molecular weight excluding hydrogens is 242 g/mol. The lowest BCUT2D eigenvalue weighted by Crippen LogP contribution is -2.00. The van der Waals surface area contributed by atoms with E-state index in [0.717, 1.165) is 24.1 Å². The Morgan fingerprint density at radius 3 is 2.10 bits per heavy atom. The van der Waals surface area contributed by atoms with Gasteiger partial charge in [-0.3, -0.25) is 0 Å². The summed E-state index contributed by atoms with van der Waals surface area (Å²) in [6, 6.07) is 19.0. The van der Waals surface area contributed by atoms with Gasteiger partial charge in [-0.25, -0.2) is 4.98 Å². The molecule has 0 N–H and O–H groups in total. The number of hydrogen-bond donors (Lipinski definition) is 0. The number of hydrogen-bond acceptors (Lipinski definition) is 1. The van der Waals surface area contributed by atoms with Crippen molar-refractivity contribution in [3.05, 3.63) is 65.7 Å². The highest BCUT2D eigenvalue weighted by atomic mass is 14.7. The van der Waals surface area contributed by atoms with Crippen molar-refractivity contribution in [2.75, 3.05) is 0 Å². The van der Waals surface area contributed by atoms with Crippen LogP contribution < -0.4 is 0 Å². The minimum absolute atomic E-state index is 1.02. The molecule has 0 amide bonds. The van der Waals surface area contributed by atoms with Gasteiger partial charge in [-0.2, -0.15) is 0 Å². The van der Waals surface area contributed by atoms with Crippen LogP contribution in [0, 0.1) is 0 Å². The molecule has 1 aromatic heterocycles. The van der Waals surface area contributed by atoms with Crippen LogP contribution >= 0.6 is 0 Å². The molecule has 0 fully saturated rings. The van der Waals surface area contributed by atoms with Gasteiger partial charge >= 0.3 is 0 Å². The summed E-state index contributed by atoms with van der Waals surface area (Å²) in [5, 5.41) is 1.30. The average molecular weight is 261 g/mol. The molecule has 0 saturated heterocycles. The SMILES string of the molecule is CCc1c(-c2ccccc2)nc2ccccc2c1CC. The first kappa shape index (κ1) is 12.9. The summed E-state index contributed by atoms with van der Waals surface area (Å²) < 4.78 is 0. The van der Waals surface area contributed by atoms with Gasteiger partial charge in [0.15, 0.2) is 0 Å². The van der Waals surface area contributed by atoms with Crippen LogP contribution in [0.1, 0.15) is 25.0 Å². The standard InChI is InChI=1S/C19H19N/c1-3-15-16(4-2)19(14-10-6-5-7-11-14)20-18-13-9-8-12-17(15)18/h5-13H,3-4H2,1-2H3. The molecule has 1 heterocycles. The van der Waals surface area contributed by atoms with Crippen molar-refractivity contribution in [2.45, 2.75) is 26.7 Å². The first-order valence-corrected chi connectivity index (χ1v) is 7.31. The van der Waals surface area contributed by atoms with Gasteiger partial charge in [0.05, 0.1) is 11.2 Å². The van der Waals surface area contributed by atoms with Crippen LogP contribution in [-0.4, -0.2) is 4.98 Å². The van der Waals surface area contributed by atoms with Crippen LogP contribution in [-0.2, 0) is 12.8 Å². The summed E-state index contributed by atoms with van der Waals surface area (Å²) in [5.74, 6) is 0. The van der Waals surface area contributed by atoms with E-state index < -0.39 is 0 Å². The lowest BCUT2D eigenvalue weighted by atomic mass is 9.94. The van der Waals surface area contributed by atoms with Crippen molar-refractivity contribution in [3.63, 3.8) is 0 Å². The molecule has 0 saturated carbocycles. The number of rotatable bonds is 3. The molecule has 0 aliphatic rings. The molecule has 0 aliphatic heterocycles. The Balaban J connectivity index is 2.37. The van der Waals surface area contributed by atoms with Gasteiger partial charge in [0.1, 0.15) is 0 Å². The van der Waals surface area contributed by atoms with Gasteiger partial charge in [-0.15, -0.1) is 0 Å². The van der Waals surface area contributed by atoms with Crippen LogP contribution in [0.2, 0.25) is 0 Å². The molecule has 2 aromatic carbocycles. The van der Waals surface area contributed by atoms with E-state index in [0.29, 0.717) is 0 Å². The fourth-order valence-corrected chi connectivity index (χ4v) is 2.94. The smallest absolute Gasteiger partial charge is 0.0744 e. The number of nitrogens with zero attached hydrogens (tertiary/aromatic N) is 1. The first-order valence-electron chi connectivity index (χ1n) is 7.31. The summed E-state index contributed by atoms with van der Waals surface area (Å²) in [6.07, 6.45) is 2.07. The lowest BCUT2D eigenvalue weighted by molar-refractivity contribution is 1.04. The zero-order chi connectivity index (χ0) is 13.9. The van der Waals surface area contributed by atoms with Gasteiger partial charge < -0.3 is 0 Å². The maximum absolute atomic E-state index is 4.92. The number of pyridine rings is 1. The highest BCUT2D eigenvalue weighted by molar-refractivity contribution is 5.87. The molecule has 0 atom stereocenters. The molecule has 0 spiro atoms. The van der Waals surface area contributed by atoms with E-state index in [1.54, 1.807) is 0 Å². The monoisotopic (exact) mass is 261 g/mol. The zero-order valence-corrected chi connectivity index (χ0v) is 12.1. The van der Waals surface area contributed by atoms with Gasteiger partial charge in [0.2, 0.25) is 0 Å². The number of benzene rings is 2. The Morgan fingerprint density at radius 1 is 0.750 bits per heavy atom. The highest BCUT2D eigenvalue weighted by Crippen LogP contribution is 2.30. The molecule has 0 bridgehead atoms. The van der Waals surface area contributed by atoms with Crippen molar-refractivity contribution in [1.29, 1.82) is 0 Å². The Hall–Kier alpha value is -2.15. The van der Waals surface area contributed by atoms with E-state index >= 15 is 0 Å². The fraction of sp³-hybridized carbons (Fsp3) is 0.211. The second-order valence-corrected chi connectivity index (χ2v) is 5.01. The van der Waals surface area contributed by atoms with Gasteiger partial charge in [-0.1, -0.05) is 62.4 Å². The van der Waals surface area contributed by atoms with E-state index in [-0.39, 0.29) is 0 Å². The Morgan fingerprint density at radius 2 is 1.40 bits per heavy atom. The van der Waals surface area contributed by atoms with Crippen LogP contribution in [0.25, 0.3) is 22.2 Å². The predicted octanol–water partition coefficient (Wildman–Crippen LogP) is 5.03. The van der Waals surface area contributed by atoms with Gasteiger partial charge in [-0.05, 0) is 30.0 Å². The molecule has 0 radical (unpaired) electrons. The predicted molar refractivity (Wildman–Crippen MR) is 85.9 cm³/mol. The summed E-state index contributed by atoms with van der Waals surface area (Å²) in [5.41, 5.74) is 6.28. The number of aromatic nitrogens is 1. The van der Waals surface area contributed by atoms with E-state index in [4.69, 9.17) is 4.98 Å². The van der Waals surface area contributed by atoms with E-state index in [1.165, 1.54) is 22.1 Å². The summed E-state index contributed by atoms with van der Waals surface area (Å²) >= 11 is 0. The Kier molecular flexibility index (Phi) is 3.51. The third-order valence-corrected chi connectivity index (χ3v) is 3.87. The molecule has 1 nitrogen and oxygen atoms in total. The van der Waals surface area contributed by atoms with E-state index in [1.807, 2.05) is 0 Å². The third kappa shape index (κ3) is 2.09. The van der Waals surface area contributed by atoms with E-state index in [2.05, 4.69) is 68.4 Å². The zero-order valence-electron chi connectivity index (χ0n) is 12.1. The average Bonchev–Trinajstić information content (AvgIpc) is 2.53. The second kappa shape index (κ2) is 5.46. The first-order chi connectivity index (χ1) is 9.85. The minimum Gasteiger partial charge on any atom is -0.247 e. The fourth-order valence-electron chi connectivity index (χ4n) is 2.94. The van der Waals surface area contributed by atoms with Crippen molar-refractivity contribution >= 4 is 10.9 Å². The van der Waals surface area contributed by atoms with Crippen molar-refractivity contribution in [3.8, 4) is 11.3 Å². The van der Waals surface area contributed by atoms with Crippen LogP contribution in [0.3, 0.4) is 0 Å².